The van der Waals surface area contributed by atoms with Crippen LogP contribution in [0.3, 0.4) is 0 Å². The molecule has 1 aliphatic heterocycles. The highest BCUT2D eigenvalue weighted by Crippen LogP contribution is 2.17. The van der Waals surface area contributed by atoms with Gasteiger partial charge in [0.15, 0.2) is 0 Å². The number of rotatable bonds is 1. The summed E-state index contributed by atoms with van der Waals surface area (Å²) in [6.45, 7) is 0.988. The first-order chi connectivity index (χ1) is 6.66. The summed E-state index contributed by atoms with van der Waals surface area (Å²) in [4.78, 5) is 17.2. The summed E-state index contributed by atoms with van der Waals surface area (Å²) < 4.78 is 14.3. The second-order valence-corrected chi connectivity index (χ2v) is 3.53. The molecule has 0 saturated carbocycles. The summed E-state index contributed by atoms with van der Waals surface area (Å²) in [5.74, 6) is 0.577. The molecule has 1 saturated heterocycles. The molecule has 0 aliphatic carbocycles. The Morgan fingerprint density at radius 2 is 2.43 bits per heavy atom. The maximum atomic E-state index is 12.9. The normalized spacial score (nSPS) is 21.6. The number of alkyl halides is 1. The summed E-state index contributed by atoms with van der Waals surface area (Å²) in [6, 6.07) is 1.44. The fraction of sp³-hybridized carbons (Fsp3) is 0.556. The van der Waals surface area contributed by atoms with Gasteiger partial charge >= 0.3 is 0 Å². The molecule has 0 aromatic carbocycles. The molecule has 1 aliphatic rings. The van der Waals surface area contributed by atoms with Crippen molar-refractivity contribution in [2.75, 3.05) is 18.0 Å². The van der Waals surface area contributed by atoms with E-state index in [1.165, 1.54) is 17.0 Å². The molecule has 4 nitrogen and oxygen atoms in total. The van der Waals surface area contributed by atoms with Crippen molar-refractivity contribution in [3.63, 3.8) is 0 Å². The Kier molecular flexibility index (Phi) is 2.23. The van der Waals surface area contributed by atoms with Crippen molar-refractivity contribution in [3.8, 4) is 0 Å². The van der Waals surface area contributed by atoms with Crippen LogP contribution < -0.4 is 10.5 Å². The van der Waals surface area contributed by atoms with E-state index >= 15 is 0 Å². The molecule has 2 rings (SSSR count). The second-order valence-electron chi connectivity index (χ2n) is 3.53. The van der Waals surface area contributed by atoms with E-state index in [9.17, 15) is 9.18 Å². The quantitative estimate of drug-likeness (QED) is 0.651. The fourth-order valence-electron chi connectivity index (χ4n) is 1.55. The van der Waals surface area contributed by atoms with Crippen LogP contribution >= 0.6 is 0 Å². The van der Waals surface area contributed by atoms with E-state index < -0.39 is 6.17 Å². The standard InChI is InChI=1S/C9H12FN3O/c1-12-6-11-8(4-9(12)14)13-3-2-7(10)5-13/h4,6-7H,2-3,5H2,1H3. The second kappa shape index (κ2) is 3.40. The molecule has 0 spiro atoms. The summed E-state index contributed by atoms with van der Waals surface area (Å²) in [5, 5.41) is 0. The molecular formula is C9H12FN3O. The van der Waals surface area contributed by atoms with E-state index in [1.807, 2.05) is 0 Å². The topological polar surface area (TPSA) is 38.1 Å². The van der Waals surface area contributed by atoms with Crippen LogP contribution in [-0.2, 0) is 7.05 Å². The minimum atomic E-state index is -0.791. The molecule has 76 valence electrons. The molecule has 1 atom stereocenters. The molecule has 1 fully saturated rings. The van der Waals surface area contributed by atoms with E-state index in [1.54, 1.807) is 11.9 Å². The van der Waals surface area contributed by atoms with E-state index in [0.29, 0.717) is 25.3 Å². The van der Waals surface area contributed by atoms with Crippen molar-refractivity contribution < 1.29 is 4.39 Å². The predicted molar refractivity (Wildman–Crippen MR) is 51.2 cm³/mol. The zero-order chi connectivity index (χ0) is 10.1. The van der Waals surface area contributed by atoms with E-state index in [2.05, 4.69) is 4.98 Å². The SMILES string of the molecule is Cn1cnc(N2CCC(F)C2)cc1=O. The first-order valence-corrected chi connectivity index (χ1v) is 4.58. The third-order valence-corrected chi connectivity index (χ3v) is 2.42. The molecule has 0 amide bonds. The van der Waals surface area contributed by atoms with Crippen molar-refractivity contribution in [1.82, 2.24) is 9.55 Å². The van der Waals surface area contributed by atoms with Crippen LogP contribution in [0.2, 0.25) is 0 Å². The zero-order valence-corrected chi connectivity index (χ0v) is 7.98. The number of hydrogen-bond acceptors (Lipinski definition) is 3. The summed E-state index contributed by atoms with van der Waals surface area (Å²) in [7, 11) is 1.64. The predicted octanol–water partition coefficient (Wildman–Crippen LogP) is 0.329. The first kappa shape index (κ1) is 9.18. The maximum Gasteiger partial charge on any atom is 0.255 e. The first-order valence-electron chi connectivity index (χ1n) is 4.58. The molecule has 1 unspecified atom stereocenters. The number of halogens is 1. The molecule has 1 aromatic heterocycles. The average molecular weight is 197 g/mol. The van der Waals surface area contributed by atoms with Gasteiger partial charge in [-0.1, -0.05) is 0 Å². The number of aromatic nitrogens is 2. The Balaban J connectivity index is 2.25. The molecule has 5 heteroatoms. The van der Waals surface area contributed by atoms with Gasteiger partial charge in [-0.3, -0.25) is 4.79 Å². The van der Waals surface area contributed by atoms with Gasteiger partial charge in [0.25, 0.3) is 5.56 Å². The molecule has 1 aromatic rings. The van der Waals surface area contributed by atoms with E-state index in [0.717, 1.165) is 0 Å². The highest BCUT2D eigenvalue weighted by Gasteiger charge is 2.22. The zero-order valence-electron chi connectivity index (χ0n) is 7.98. The lowest BCUT2D eigenvalue weighted by Gasteiger charge is -2.15. The van der Waals surface area contributed by atoms with Gasteiger partial charge in [-0.15, -0.1) is 0 Å². The van der Waals surface area contributed by atoms with Crippen LogP contribution in [0.1, 0.15) is 6.42 Å². The third kappa shape index (κ3) is 1.62. The van der Waals surface area contributed by atoms with Gasteiger partial charge in [-0.05, 0) is 6.42 Å². The lowest BCUT2D eigenvalue weighted by molar-refractivity contribution is 0.364. The number of aryl methyl sites for hydroxylation is 1. The largest absolute Gasteiger partial charge is 0.353 e. The Labute approximate surface area is 81.0 Å². The van der Waals surface area contributed by atoms with Crippen molar-refractivity contribution in [2.24, 2.45) is 7.05 Å². The van der Waals surface area contributed by atoms with Gasteiger partial charge in [0.1, 0.15) is 12.0 Å². The summed E-state index contributed by atoms with van der Waals surface area (Å²) in [6.07, 6.45) is 1.20. The minimum Gasteiger partial charge on any atom is -0.353 e. The van der Waals surface area contributed by atoms with Gasteiger partial charge in [0, 0.05) is 19.7 Å². The average Bonchev–Trinajstić information content (AvgIpc) is 2.57. The Morgan fingerprint density at radius 1 is 1.64 bits per heavy atom. The Bertz CT molecular complexity index is 390. The molecule has 0 bridgehead atoms. The number of nitrogens with zero attached hydrogens (tertiary/aromatic N) is 3. The van der Waals surface area contributed by atoms with Gasteiger partial charge in [-0.2, -0.15) is 0 Å². The monoisotopic (exact) mass is 197 g/mol. The van der Waals surface area contributed by atoms with Gasteiger partial charge < -0.3 is 9.47 Å². The van der Waals surface area contributed by atoms with Crippen LogP contribution in [-0.4, -0.2) is 28.8 Å². The van der Waals surface area contributed by atoms with Crippen LogP contribution in [0.5, 0.6) is 0 Å². The van der Waals surface area contributed by atoms with E-state index in [-0.39, 0.29) is 5.56 Å². The lowest BCUT2D eigenvalue weighted by atomic mass is 10.3. The van der Waals surface area contributed by atoms with Crippen LogP contribution in [0.4, 0.5) is 10.2 Å². The Morgan fingerprint density at radius 3 is 3.00 bits per heavy atom. The van der Waals surface area contributed by atoms with Gasteiger partial charge in [0.05, 0.1) is 12.9 Å². The van der Waals surface area contributed by atoms with Crippen molar-refractivity contribution in [3.05, 3.63) is 22.7 Å². The smallest absolute Gasteiger partial charge is 0.255 e. The van der Waals surface area contributed by atoms with Crippen molar-refractivity contribution >= 4 is 5.82 Å². The van der Waals surface area contributed by atoms with Crippen LogP contribution in [0.25, 0.3) is 0 Å². The molecule has 14 heavy (non-hydrogen) atoms. The highest BCUT2D eigenvalue weighted by molar-refractivity contribution is 5.38. The van der Waals surface area contributed by atoms with Gasteiger partial charge in [-0.25, -0.2) is 9.37 Å². The van der Waals surface area contributed by atoms with Crippen LogP contribution in [0, 0.1) is 0 Å². The van der Waals surface area contributed by atoms with Crippen molar-refractivity contribution in [1.29, 1.82) is 0 Å². The fourth-order valence-corrected chi connectivity index (χ4v) is 1.55. The van der Waals surface area contributed by atoms with Gasteiger partial charge in [0.2, 0.25) is 0 Å². The minimum absolute atomic E-state index is 0.114. The van der Waals surface area contributed by atoms with E-state index in [4.69, 9.17) is 0 Å². The summed E-state index contributed by atoms with van der Waals surface area (Å²) in [5.41, 5.74) is -0.114. The number of hydrogen-bond donors (Lipinski definition) is 0. The molecule has 0 N–H and O–H groups in total. The van der Waals surface area contributed by atoms with Crippen LogP contribution in [0.15, 0.2) is 17.2 Å². The molecule has 0 radical (unpaired) electrons. The Hall–Kier alpha value is -1.39. The molecule has 2 heterocycles. The number of anilines is 1. The molecular weight excluding hydrogens is 185 g/mol. The maximum absolute atomic E-state index is 12.9. The lowest BCUT2D eigenvalue weighted by Crippen LogP contribution is -2.25. The van der Waals surface area contributed by atoms with Crippen molar-refractivity contribution in [2.45, 2.75) is 12.6 Å². The summed E-state index contributed by atoms with van der Waals surface area (Å²) >= 11 is 0. The third-order valence-electron chi connectivity index (χ3n) is 2.42. The highest BCUT2D eigenvalue weighted by atomic mass is 19.1.